The molecule has 1 N–H and O–H groups in total. The Morgan fingerprint density at radius 1 is 1.43 bits per heavy atom. The SMILES string of the molecule is C.CCNC(=O)c1ccc(F)cc1F. The topological polar surface area (TPSA) is 29.1 Å². The van der Waals surface area contributed by atoms with Crippen LogP contribution in [-0.2, 0) is 0 Å². The Kier molecular flexibility index (Phi) is 4.77. The largest absolute Gasteiger partial charge is 0.352 e. The second-order valence-corrected chi connectivity index (χ2v) is 2.48. The van der Waals surface area contributed by atoms with Crippen molar-refractivity contribution in [2.45, 2.75) is 14.4 Å². The van der Waals surface area contributed by atoms with Gasteiger partial charge in [0.05, 0.1) is 5.56 Å². The Balaban J connectivity index is 0.00000169. The van der Waals surface area contributed by atoms with Crippen molar-refractivity contribution >= 4 is 5.91 Å². The summed E-state index contributed by atoms with van der Waals surface area (Å²) in [5.74, 6) is -2.06. The maximum Gasteiger partial charge on any atom is 0.254 e. The van der Waals surface area contributed by atoms with E-state index in [0.29, 0.717) is 12.6 Å². The van der Waals surface area contributed by atoms with E-state index in [2.05, 4.69) is 5.32 Å². The van der Waals surface area contributed by atoms with E-state index in [1.54, 1.807) is 6.92 Å². The number of benzene rings is 1. The fraction of sp³-hybridized carbons (Fsp3) is 0.300. The molecule has 0 bridgehead atoms. The van der Waals surface area contributed by atoms with E-state index < -0.39 is 17.5 Å². The van der Waals surface area contributed by atoms with Crippen molar-refractivity contribution in [2.24, 2.45) is 0 Å². The minimum Gasteiger partial charge on any atom is -0.352 e. The van der Waals surface area contributed by atoms with E-state index in [0.717, 1.165) is 12.1 Å². The summed E-state index contributed by atoms with van der Waals surface area (Å²) in [5, 5.41) is 2.42. The maximum absolute atomic E-state index is 12.9. The summed E-state index contributed by atoms with van der Waals surface area (Å²) in [4.78, 5) is 11.1. The third-order valence-electron chi connectivity index (χ3n) is 1.51. The van der Waals surface area contributed by atoms with Crippen molar-refractivity contribution in [2.75, 3.05) is 6.54 Å². The van der Waals surface area contributed by atoms with Crippen LogP contribution in [0.15, 0.2) is 18.2 Å². The molecule has 0 fully saturated rings. The highest BCUT2D eigenvalue weighted by molar-refractivity contribution is 5.94. The summed E-state index contributed by atoms with van der Waals surface area (Å²) in [6, 6.07) is 2.86. The molecule has 0 radical (unpaired) electrons. The van der Waals surface area contributed by atoms with Gasteiger partial charge in [0.25, 0.3) is 5.91 Å². The molecule has 0 heterocycles. The number of hydrogen-bond donors (Lipinski definition) is 1. The summed E-state index contributed by atoms with van der Waals surface area (Å²) in [6.07, 6.45) is 0. The molecule has 0 aliphatic rings. The van der Waals surface area contributed by atoms with Gasteiger partial charge in [-0.3, -0.25) is 4.79 Å². The monoisotopic (exact) mass is 201 g/mol. The molecule has 1 aromatic carbocycles. The minimum absolute atomic E-state index is 0. The van der Waals surface area contributed by atoms with Crippen LogP contribution in [0.25, 0.3) is 0 Å². The zero-order valence-corrected chi connectivity index (χ0v) is 7.10. The fourth-order valence-electron chi connectivity index (χ4n) is 0.929. The summed E-state index contributed by atoms with van der Waals surface area (Å²) in [7, 11) is 0. The van der Waals surface area contributed by atoms with Gasteiger partial charge < -0.3 is 5.32 Å². The zero-order chi connectivity index (χ0) is 9.84. The lowest BCUT2D eigenvalue weighted by Gasteiger charge is -2.02. The van der Waals surface area contributed by atoms with Gasteiger partial charge in [0.2, 0.25) is 0 Å². The van der Waals surface area contributed by atoms with Crippen LogP contribution in [0.2, 0.25) is 0 Å². The molecule has 1 rings (SSSR count). The van der Waals surface area contributed by atoms with Gasteiger partial charge in [0.1, 0.15) is 11.6 Å². The summed E-state index contributed by atoms with van der Waals surface area (Å²) in [6.45, 7) is 2.13. The molecular weight excluding hydrogens is 188 g/mol. The van der Waals surface area contributed by atoms with Gasteiger partial charge in [0.15, 0.2) is 0 Å². The van der Waals surface area contributed by atoms with Crippen molar-refractivity contribution in [3.8, 4) is 0 Å². The van der Waals surface area contributed by atoms with Crippen molar-refractivity contribution in [1.29, 1.82) is 0 Å². The van der Waals surface area contributed by atoms with Crippen LogP contribution in [0, 0.1) is 11.6 Å². The predicted molar refractivity (Wildman–Crippen MR) is 51.1 cm³/mol. The molecule has 14 heavy (non-hydrogen) atoms. The van der Waals surface area contributed by atoms with Crippen LogP contribution >= 0.6 is 0 Å². The van der Waals surface area contributed by atoms with E-state index in [1.165, 1.54) is 0 Å². The molecule has 2 nitrogen and oxygen atoms in total. The lowest BCUT2D eigenvalue weighted by molar-refractivity contribution is 0.0951. The van der Waals surface area contributed by atoms with Crippen LogP contribution in [0.3, 0.4) is 0 Å². The molecule has 0 aliphatic carbocycles. The third-order valence-corrected chi connectivity index (χ3v) is 1.51. The maximum atomic E-state index is 12.9. The van der Waals surface area contributed by atoms with Crippen LogP contribution in [-0.4, -0.2) is 12.5 Å². The van der Waals surface area contributed by atoms with Crippen molar-refractivity contribution in [3.05, 3.63) is 35.4 Å². The van der Waals surface area contributed by atoms with Gasteiger partial charge in [-0.25, -0.2) is 8.78 Å². The first kappa shape index (κ1) is 12.6. The van der Waals surface area contributed by atoms with Crippen molar-refractivity contribution < 1.29 is 13.6 Å². The fourth-order valence-corrected chi connectivity index (χ4v) is 0.929. The first-order valence-corrected chi connectivity index (χ1v) is 3.88. The van der Waals surface area contributed by atoms with Crippen LogP contribution in [0.5, 0.6) is 0 Å². The average Bonchev–Trinajstić information content (AvgIpc) is 2.04. The summed E-state index contributed by atoms with van der Waals surface area (Å²) < 4.78 is 25.3. The zero-order valence-electron chi connectivity index (χ0n) is 7.10. The molecule has 0 aromatic heterocycles. The van der Waals surface area contributed by atoms with Crippen molar-refractivity contribution in [1.82, 2.24) is 5.32 Å². The molecule has 1 aromatic rings. The van der Waals surface area contributed by atoms with Crippen LogP contribution in [0.4, 0.5) is 8.78 Å². The van der Waals surface area contributed by atoms with E-state index in [1.807, 2.05) is 0 Å². The molecule has 0 spiro atoms. The Labute approximate surface area is 81.9 Å². The molecule has 0 saturated carbocycles. The number of amides is 1. The van der Waals surface area contributed by atoms with Gasteiger partial charge >= 0.3 is 0 Å². The normalized spacial score (nSPS) is 9.07. The lowest BCUT2D eigenvalue weighted by atomic mass is 10.2. The summed E-state index contributed by atoms with van der Waals surface area (Å²) in [5.41, 5.74) is -0.136. The van der Waals surface area contributed by atoms with Gasteiger partial charge in [-0.05, 0) is 19.1 Å². The van der Waals surface area contributed by atoms with E-state index >= 15 is 0 Å². The molecule has 4 heteroatoms. The standard InChI is InChI=1S/C9H9F2NO.CH4/c1-2-12-9(13)7-4-3-6(10)5-8(7)11;/h3-5H,2H2,1H3,(H,12,13);1H4. The second-order valence-electron chi connectivity index (χ2n) is 2.48. The Morgan fingerprint density at radius 3 is 2.57 bits per heavy atom. The van der Waals surface area contributed by atoms with Crippen LogP contribution in [0.1, 0.15) is 24.7 Å². The predicted octanol–water partition coefficient (Wildman–Crippen LogP) is 2.35. The Hall–Kier alpha value is -1.45. The third kappa shape index (κ3) is 2.80. The van der Waals surface area contributed by atoms with E-state index in [9.17, 15) is 13.6 Å². The number of rotatable bonds is 2. The van der Waals surface area contributed by atoms with Gasteiger partial charge in [-0.2, -0.15) is 0 Å². The second kappa shape index (κ2) is 5.32. The molecule has 0 saturated heterocycles. The number of nitrogens with one attached hydrogen (secondary N) is 1. The first-order valence-electron chi connectivity index (χ1n) is 3.88. The number of hydrogen-bond acceptors (Lipinski definition) is 1. The number of carbonyl (C=O) groups excluding carboxylic acids is 1. The average molecular weight is 201 g/mol. The summed E-state index contributed by atoms with van der Waals surface area (Å²) >= 11 is 0. The lowest BCUT2D eigenvalue weighted by Crippen LogP contribution is -2.23. The molecule has 0 aliphatic heterocycles. The van der Waals surface area contributed by atoms with E-state index in [-0.39, 0.29) is 13.0 Å². The molecule has 0 atom stereocenters. The highest BCUT2D eigenvalue weighted by atomic mass is 19.1. The highest BCUT2D eigenvalue weighted by Crippen LogP contribution is 2.08. The Bertz CT molecular complexity index is 326. The van der Waals surface area contributed by atoms with Gasteiger partial charge in [-0.15, -0.1) is 0 Å². The first-order chi connectivity index (χ1) is 6.15. The molecule has 0 unspecified atom stereocenters. The quantitative estimate of drug-likeness (QED) is 0.781. The molecule has 1 amide bonds. The molecule has 78 valence electrons. The number of carbonyl (C=O) groups is 1. The van der Waals surface area contributed by atoms with E-state index in [4.69, 9.17) is 0 Å². The van der Waals surface area contributed by atoms with Gasteiger partial charge in [-0.1, -0.05) is 7.43 Å². The van der Waals surface area contributed by atoms with Gasteiger partial charge in [0, 0.05) is 12.6 Å². The van der Waals surface area contributed by atoms with Crippen LogP contribution < -0.4 is 5.32 Å². The van der Waals surface area contributed by atoms with Crippen molar-refractivity contribution in [3.63, 3.8) is 0 Å². The highest BCUT2D eigenvalue weighted by Gasteiger charge is 2.10. The Morgan fingerprint density at radius 2 is 2.07 bits per heavy atom. The smallest absolute Gasteiger partial charge is 0.254 e. The number of halogens is 2. The molecular formula is C10H13F2NO. The minimum atomic E-state index is -0.842.